The summed E-state index contributed by atoms with van der Waals surface area (Å²) in [6, 6.07) is 18.6. The van der Waals surface area contributed by atoms with Crippen molar-refractivity contribution in [3.63, 3.8) is 0 Å². The molecule has 0 aromatic heterocycles. The smallest absolute Gasteiger partial charge is 0.229 e. The molecule has 2 unspecified atom stereocenters. The monoisotopic (exact) mass is 394 g/mol. The van der Waals surface area contributed by atoms with Gasteiger partial charge in [-0.3, -0.25) is 15.1 Å². The van der Waals surface area contributed by atoms with Gasteiger partial charge in [0.25, 0.3) is 0 Å². The summed E-state index contributed by atoms with van der Waals surface area (Å²) >= 11 is 0. The van der Waals surface area contributed by atoms with Crippen LogP contribution >= 0.6 is 0 Å². The Labute approximate surface area is 172 Å². The second-order valence-electron chi connectivity index (χ2n) is 7.70. The first-order chi connectivity index (χ1) is 14.2. The third-order valence-corrected chi connectivity index (χ3v) is 5.78. The first kappa shape index (κ1) is 19.9. The Balaban J connectivity index is 1.30. The summed E-state index contributed by atoms with van der Waals surface area (Å²) in [6.07, 6.45) is 0. The molecule has 1 amide bonds. The number of carbonyl (C=O) groups excluding carboxylic acids is 1. The molecule has 0 radical (unpaired) electrons. The summed E-state index contributed by atoms with van der Waals surface area (Å²) in [6.45, 7) is 7.64. The molecule has 29 heavy (non-hydrogen) atoms. The van der Waals surface area contributed by atoms with Crippen LogP contribution in [0, 0.1) is 5.92 Å². The lowest BCUT2D eigenvalue weighted by molar-refractivity contribution is -0.137. The minimum atomic E-state index is -0.0601. The van der Waals surface area contributed by atoms with E-state index < -0.39 is 0 Å². The van der Waals surface area contributed by atoms with Crippen LogP contribution in [-0.4, -0.2) is 55.0 Å². The SMILES string of the molecule is CCOc1ccc(CN2CCN(C(=O)C3CNNC3c3ccccc3)CC2)cc1. The van der Waals surface area contributed by atoms with E-state index in [1.165, 1.54) is 5.56 Å². The lowest BCUT2D eigenvalue weighted by Crippen LogP contribution is -2.50. The molecule has 2 atom stereocenters. The Bertz CT molecular complexity index is 788. The van der Waals surface area contributed by atoms with Gasteiger partial charge in [0, 0.05) is 39.3 Å². The fourth-order valence-electron chi connectivity index (χ4n) is 4.18. The van der Waals surface area contributed by atoms with Crippen molar-refractivity contribution in [1.29, 1.82) is 0 Å². The maximum absolute atomic E-state index is 13.2. The van der Waals surface area contributed by atoms with Gasteiger partial charge < -0.3 is 9.64 Å². The van der Waals surface area contributed by atoms with Gasteiger partial charge >= 0.3 is 0 Å². The predicted molar refractivity (Wildman–Crippen MR) is 113 cm³/mol. The maximum Gasteiger partial charge on any atom is 0.229 e. The molecule has 2 aromatic rings. The molecule has 2 saturated heterocycles. The van der Waals surface area contributed by atoms with E-state index in [-0.39, 0.29) is 17.9 Å². The minimum Gasteiger partial charge on any atom is -0.494 e. The summed E-state index contributed by atoms with van der Waals surface area (Å²) in [5.74, 6) is 1.10. The molecular weight excluding hydrogens is 364 g/mol. The topological polar surface area (TPSA) is 56.8 Å². The Morgan fingerprint density at radius 1 is 1.03 bits per heavy atom. The van der Waals surface area contributed by atoms with E-state index in [2.05, 4.69) is 40.0 Å². The fraction of sp³-hybridized carbons (Fsp3) is 0.435. The van der Waals surface area contributed by atoms with Crippen LogP contribution in [0.1, 0.15) is 24.1 Å². The molecular formula is C23H30N4O2. The molecule has 2 N–H and O–H groups in total. The number of piperazine rings is 1. The van der Waals surface area contributed by atoms with E-state index in [0.29, 0.717) is 13.2 Å². The number of nitrogens with one attached hydrogen (secondary N) is 2. The Morgan fingerprint density at radius 2 is 1.76 bits per heavy atom. The van der Waals surface area contributed by atoms with E-state index in [4.69, 9.17) is 4.74 Å². The molecule has 6 nitrogen and oxygen atoms in total. The van der Waals surface area contributed by atoms with E-state index >= 15 is 0 Å². The number of hydrazine groups is 1. The zero-order valence-electron chi connectivity index (χ0n) is 17.0. The first-order valence-corrected chi connectivity index (χ1v) is 10.5. The fourth-order valence-corrected chi connectivity index (χ4v) is 4.18. The standard InChI is InChI=1S/C23H30N4O2/c1-2-29-20-10-8-18(9-11-20)17-26-12-14-27(15-13-26)23(28)21-16-24-25-22(21)19-6-4-3-5-7-19/h3-11,21-22,24-25H,2,12-17H2,1H3. The third-order valence-electron chi connectivity index (χ3n) is 5.78. The number of hydrogen-bond donors (Lipinski definition) is 2. The van der Waals surface area contributed by atoms with Crippen LogP contribution in [0.4, 0.5) is 0 Å². The van der Waals surface area contributed by atoms with E-state index in [1.807, 2.05) is 42.2 Å². The van der Waals surface area contributed by atoms with Crippen molar-refractivity contribution in [3.8, 4) is 5.75 Å². The van der Waals surface area contributed by atoms with Crippen molar-refractivity contribution in [1.82, 2.24) is 20.7 Å². The Morgan fingerprint density at radius 3 is 2.45 bits per heavy atom. The van der Waals surface area contributed by atoms with Crippen molar-refractivity contribution in [2.24, 2.45) is 5.92 Å². The van der Waals surface area contributed by atoms with Crippen LogP contribution in [0.5, 0.6) is 5.75 Å². The number of rotatable bonds is 6. The van der Waals surface area contributed by atoms with Gasteiger partial charge in [-0.25, -0.2) is 5.43 Å². The average Bonchev–Trinajstić information content (AvgIpc) is 3.26. The molecule has 2 aliphatic heterocycles. The molecule has 2 heterocycles. The summed E-state index contributed by atoms with van der Waals surface area (Å²) in [4.78, 5) is 17.6. The highest BCUT2D eigenvalue weighted by atomic mass is 16.5. The van der Waals surface area contributed by atoms with Crippen molar-refractivity contribution in [2.75, 3.05) is 39.3 Å². The number of hydrogen-bond acceptors (Lipinski definition) is 5. The van der Waals surface area contributed by atoms with Crippen LogP contribution in [0.25, 0.3) is 0 Å². The predicted octanol–water partition coefficient (Wildman–Crippen LogP) is 2.19. The molecule has 4 rings (SSSR count). The third kappa shape index (κ3) is 4.78. The van der Waals surface area contributed by atoms with E-state index in [1.54, 1.807) is 0 Å². The number of carbonyl (C=O) groups is 1. The van der Waals surface area contributed by atoms with Gasteiger partial charge in [0.2, 0.25) is 5.91 Å². The molecule has 2 aromatic carbocycles. The highest BCUT2D eigenvalue weighted by molar-refractivity contribution is 5.80. The van der Waals surface area contributed by atoms with E-state index in [9.17, 15) is 4.79 Å². The quantitative estimate of drug-likeness (QED) is 0.787. The molecule has 0 saturated carbocycles. The molecule has 0 aliphatic carbocycles. The highest BCUT2D eigenvalue weighted by Gasteiger charge is 2.37. The Hall–Kier alpha value is -2.41. The lowest BCUT2D eigenvalue weighted by Gasteiger charge is -2.36. The Kier molecular flexibility index (Phi) is 6.44. The van der Waals surface area contributed by atoms with Crippen LogP contribution in [-0.2, 0) is 11.3 Å². The van der Waals surface area contributed by atoms with Gasteiger partial charge in [-0.15, -0.1) is 0 Å². The minimum absolute atomic E-state index is 0.0329. The largest absolute Gasteiger partial charge is 0.494 e. The molecule has 0 spiro atoms. The number of ether oxygens (including phenoxy) is 1. The average molecular weight is 395 g/mol. The highest BCUT2D eigenvalue weighted by Crippen LogP contribution is 2.27. The number of amides is 1. The molecule has 0 bridgehead atoms. The maximum atomic E-state index is 13.2. The summed E-state index contributed by atoms with van der Waals surface area (Å²) in [5.41, 5.74) is 8.89. The zero-order valence-corrected chi connectivity index (χ0v) is 17.0. The first-order valence-electron chi connectivity index (χ1n) is 10.5. The van der Waals surface area contributed by atoms with Gasteiger partial charge in [-0.1, -0.05) is 42.5 Å². The van der Waals surface area contributed by atoms with Crippen LogP contribution in [0.15, 0.2) is 54.6 Å². The van der Waals surface area contributed by atoms with Crippen molar-refractivity contribution in [2.45, 2.75) is 19.5 Å². The lowest BCUT2D eigenvalue weighted by atomic mass is 9.93. The number of benzene rings is 2. The summed E-state index contributed by atoms with van der Waals surface area (Å²) in [7, 11) is 0. The van der Waals surface area contributed by atoms with Gasteiger partial charge in [0.15, 0.2) is 0 Å². The zero-order chi connectivity index (χ0) is 20.1. The van der Waals surface area contributed by atoms with Crippen LogP contribution in [0.2, 0.25) is 0 Å². The van der Waals surface area contributed by atoms with Gasteiger partial charge in [-0.2, -0.15) is 0 Å². The second kappa shape index (κ2) is 9.39. The van der Waals surface area contributed by atoms with Crippen LogP contribution in [0.3, 0.4) is 0 Å². The van der Waals surface area contributed by atoms with Gasteiger partial charge in [0.05, 0.1) is 18.6 Å². The van der Waals surface area contributed by atoms with Crippen molar-refractivity contribution < 1.29 is 9.53 Å². The van der Waals surface area contributed by atoms with Gasteiger partial charge in [0.1, 0.15) is 5.75 Å². The normalized spacial score (nSPS) is 22.6. The summed E-state index contributed by atoms with van der Waals surface area (Å²) in [5, 5.41) is 0. The molecule has 2 fully saturated rings. The second-order valence-corrected chi connectivity index (χ2v) is 7.70. The van der Waals surface area contributed by atoms with E-state index in [0.717, 1.165) is 44.0 Å². The van der Waals surface area contributed by atoms with Gasteiger partial charge in [-0.05, 0) is 30.2 Å². The van der Waals surface area contributed by atoms with Crippen molar-refractivity contribution in [3.05, 3.63) is 65.7 Å². The molecule has 154 valence electrons. The molecule has 6 heteroatoms. The summed E-state index contributed by atoms with van der Waals surface area (Å²) < 4.78 is 5.51. The van der Waals surface area contributed by atoms with Crippen LogP contribution < -0.4 is 15.6 Å². The van der Waals surface area contributed by atoms with Crippen molar-refractivity contribution >= 4 is 5.91 Å². The number of nitrogens with zero attached hydrogens (tertiary/aromatic N) is 2. The molecule has 2 aliphatic rings.